The summed E-state index contributed by atoms with van der Waals surface area (Å²) >= 11 is 0. The average molecular weight is 204 g/mol. The molecule has 2 unspecified atom stereocenters. The zero-order valence-electron chi connectivity index (χ0n) is 6.20. The Hall–Kier alpha value is -0.360. The van der Waals surface area contributed by atoms with Crippen molar-refractivity contribution >= 4 is 33.4 Å². The molecule has 0 radical (unpaired) electrons. The van der Waals surface area contributed by atoms with Crippen LogP contribution in [0.4, 0.5) is 0 Å². The molecule has 0 aromatic heterocycles. The predicted molar refractivity (Wildman–Crippen MR) is 48.8 cm³/mol. The molecule has 4 nitrogen and oxygen atoms in total. The molecule has 66 valence electrons. The van der Waals surface area contributed by atoms with E-state index in [0.29, 0.717) is 11.5 Å². The fraction of sp³-hybridized carbons (Fsp3) is 0.667. The Bertz CT molecular complexity index is 210. The summed E-state index contributed by atoms with van der Waals surface area (Å²) in [4.78, 5) is 22.5. The first-order valence-corrected chi connectivity index (χ1v) is 6.11. The van der Waals surface area contributed by atoms with Gasteiger partial charge in [0.15, 0.2) is 0 Å². The van der Waals surface area contributed by atoms with E-state index in [4.69, 9.17) is 0 Å². The molecule has 12 heavy (non-hydrogen) atoms. The number of piperazine rings is 1. The highest BCUT2D eigenvalue weighted by Gasteiger charge is 2.35. The van der Waals surface area contributed by atoms with Crippen LogP contribution in [0.3, 0.4) is 0 Å². The number of carbonyl (C=O) groups is 2. The molecule has 2 atom stereocenters. The lowest BCUT2D eigenvalue weighted by Crippen LogP contribution is -2.63. The van der Waals surface area contributed by atoms with Gasteiger partial charge >= 0.3 is 0 Å². The van der Waals surface area contributed by atoms with Gasteiger partial charge in [0.25, 0.3) is 0 Å². The first-order chi connectivity index (χ1) is 5.77. The molecule has 2 amide bonds. The highest BCUT2D eigenvalue weighted by molar-refractivity contribution is 8.76. The SMILES string of the molecule is O=C1NC2CSSCC1NC2=O. The molecule has 3 rings (SSSR count). The van der Waals surface area contributed by atoms with Gasteiger partial charge in [0.1, 0.15) is 12.1 Å². The Morgan fingerprint density at radius 2 is 1.42 bits per heavy atom. The average Bonchev–Trinajstić information content (AvgIpc) is 2.00. The summed E-state index contributed by atoms with van der Waals surface area (Å²) in [6.45, 7) is 0. The molecular weight excluding hydrogens is 196 g/mol. The molecule has 0 aromatic rings. The lowest BCUT2D eigenvalue weighted by atomic mass is 10.2. The van der Waals surface area contributed by atoms with Crippen LogP contribution < -0.4 is 10.6 Å². The largest absolute Gasteiger partial charge is 0.342 e. The van der Waals surface area contributed by atoms with E-state index < -0.39 is 0 Å². The maximum Gasteiger partial charge on any atom is 0.244 e. The predicted octanol–water partition coefficient (Wildman–Crippen LogP) is -0.635. The fourth-order valence-corrected chi connectivity index (χ4v) is 3.47. The highest BCUT2D eigenvalue weighted by Crippen LogP contribution is 2.26. The zero-order chi connectivity index (χ0) is 8.55. The Balaban J connectivity index is 2.17. The molecule has 0 aromatic carbocycles. The van der Waals surface area contributed by atoms with Crippen LogP contribution in [0, 0.1) is 0 Å². The van der Waals surface area contributed by atoms with Crippen LogP contribution in [0.5, 0.6) is 0 Å². The first kappa shape index (κ1) is 8.25. The van der Waals surface area contributed by atoms with Gasteiger partial charge in [-0.15, -0.1) is 0 Å². The molecule has 0 aliphatic carbocycles. The number of amides is 2. The number of hydrogen-bond donors (Lipinski definition) is 2. The minimum absolute atomic E-state index is 0.0487. The standard InChI is InChI=1S/C6H8N2O2S2/c9-5-3-1-11-12-2-4(8-5)6(10)7-3/h3-4H,1-2H2,(H,7,10)(H,8,9). The van der Waals surface area contributed by atoms with E-state index in [0.717, 1.165) is 0 Å². The van der Waals surface area contributed by atoms with Crippen LogP contribution in [0.2, 0.25) is 0 Å². The van der Waals surface area contributed by atoms with Gasteiger partial charge in [-0.25, -0.2) is 0 Å². The van der Waals surface area contributed by atoms with E-state index in [1.165, 1.54) is 0 Å². The van der Waals surface area contributed by atoms with Crippen molar-refractivity contribution in [2.24, 2.45) is 0 Å². The van der Waals surface area contributed by atoms with E-state index in [-0.39, 0.29) is 23.9 Å². The number of carbonyl (C=O) groups excluding carboxylic acids is 2. The molecule has 2 N–H and O–H groups in total. The molecule has 3 aliphatic heterocycles. The molecule has 3 heterocycles. The van der Waals surface area contributed by atoms with Gasteiger partial charge in [-0.3, -0.25) is 9.59 Å². The second kappa shape index (κ2) is 3.18. The molecule has 2 bridgehead atoms. The fourth-order valence-electron chi connectivity index (χ4n) is 1.14. The molecular formula is C6H8N2O2S2. The summed E-state index contributed by atoms with van der Waals surface area (Å²) in [5.74, 6) is 1.23. The van der Waals surface area contributed by atoms with Crippen molar-refractivity contribution < 1.29 is 9.59 Å². The van der Waals surface area contributed by atoms with Gasteiger partial charge in [-0.05, 0) is 0 Å². The van der Waals surface area contributed by atoms with Crippen molar-refractivity contribution in [1.82, 2.24) is 10.6 Å². The topological polar surface area (TPSA) is 58.2 Å². The second-order valence-electron chi connectivity index (χ2n) is 2.69. The Kier molecular flexibility index (Phi) is 2.18. The number of rotatable bonds is 0. The molecule has 6 heteroatoms. The minimum atomic E-state index is -0.327. The monoisotopic (exact) mass is 204 g/mol. The van der Waals surface area contributed by atoms with E-state index in [2.05, 4.69) is 10.6 Å². The number of nitrogens with one attached hydrogen (secondary N) is 2. The smallest absolute Gasteiger partial charge is 0.244 e. The minimum Gasteiger partial charge on any atom is -0.342 e. The van der Waals surface area contributed by atoms with Crippen LogP contribution in [-0.2, 0) is 9.59 Å². The zero-order valence-corrected chi connectivity index (χ0v) is 7.83. The van der Waals surface area contributed by atoms with Crippen molar-refractivity contribution in [3.8, 4) is 0 Å². The summed E-state index contributed by atoms with van der Waals surface area (Å²) in [6.07, 6.45) is 0. The van der Waals surface area contributed by atoms with Crippen LogP contribution in [0.25, 0.3) is 0 Å². The van der Waals surface area contributed by atoms with Crippen molar-refractivity contribution in [3.05, 3.63) is 0 Å². The van der Waals surface area contributed by atoms with Crippen LogP contribution in [-0.4, -0.2) is 35.4 Å². The second-order valence-corrected chi connectivity index (χ2v) is 5.24. The van der Waals surface area contributed by atoms with E-state index in [1.54, 1.807) is 21.6 Å². The molecule has 3 saturated heterocycles. The van der Waals surface area contributed by atoms with Gasteiger partial charge in [0.05, 0.1) is 0 Å². The Morgan fingerprint density at radius 1 is 1.00 bits per heavy atom. The van der Waals surface area contributed by atoms with E-state index in [1.807, 2.05) is 0 Å². The van der Waals surface area contributed by atoms with E-state index in [9.17, 15) is 9.59 Å². The van der Waals surface area contributed by atoms with Crippen molar-refractivity contribution in [3.63, 3.8) is 0 Å². The molecule has 0 spiro atoms. The van der Waals surface area contributed by atoms with Gasteiger partial charge < -0.3 is 10.6 Å². The summed E-state index contributed by atoms with van der Waals surface area (Å²) in [5, 5.41) is 5.37. The van der Waals surface area contributed by atoms with Crippen LogP contribution >= 0.6 is 21.6 Å². The summed E-state index contributed by atoms with van der Waals surface area (Å²) < 4.78 is 0. The number of hydrogen-bond acceptors (Lipinski definition) is 4. The Morgan fingerprint density at radius 3 is 1.83 bits per heavy atom. The van der Waals surface area contributed by atoms with E-state index >= 15 is 0 Å². The van der Waals surface area contributed by atoms with Crippen molar-refractivity contribution in [2.75, 3.05) is 11.5 Å². The quantitative estimate of drug-likeness (QED) is 0.516. The van der Waals surface area contributed by atoms with Crippen LogP contribution in [0.1, 0.15) is 0 Å². The highest BCUT2D eigenvalue weighted by atomic mass is 33.1. The molecule has 3 aliphatic rings. The summed E-state index contributed by atoms with van der Waals surface area (Å²) in [6, 6.07) is -0.655. The lowest BCUT2D eigenvalue weighted by Gasteiger charge is -2.31. The maximum absolute atomic E-state index is 11.2. The summed E-state index contributed by atoms with van der Waals surface area (Å²) in [7, 11) is 3.28. The third-order valence-electron chi connectivity index (χ3n) is 1.82. The van der Waals surface area contributed by atoms with Gasteiger partial charge in [-0.2, -0.15) is 0 Å². The van der Waals surface area contributed by atoms with Crippen molar-refractivity contribution in [1.29, 1.82) is 0 Å². The third-order valence-corrected chi connectivity index (χ3v) is 4.24. The van der Waals surface area contributed by atoms with Gasteiger partial charge in [0, 0.05) is 11.5 Å². The number of fused-ring (bicyclic) bond motifs is 5. The van der Waals surface area contributed by atoms with Crippen LogP contribution in [0.15, 0.2) is 0 Å². The van der Waals surface area contributed by atoms with Gasteiger partial charge in [0.2, 0.25) is 11.8 Å². The molecule has 3 fully saturated rings. The Labute approximate surface area is 77.6 Å². The lowest BCUT2D eigenvalue weighted by molar-refractivity contribution is -0.135. The third kappa shape index (κ3) is 1.40. The molecule has 0 saturated carbocycles. The van der Waals surface area contributed by atoms with Gasteiger partial charge in [-0.1, -0.05) is 21.6 Å². The summed E-state index contributed by atoms with van der Waals surface area (Å²) in [5.41, 5.74) is 0. The van der Waals surface area contributed by atoms with Crippen molar-refractivity contribution in [2.45, 2.75) is 12.1 Å². The normalized spacial score (nSPS) is 35.0. The maximum atomic E-state index is 11.2. The first-order valence-electron chi connectivity index (χ1n) is 3.62.